The molecule has 45 heavy (non-hydrogen) atoms. The number of aromatic hydroxyl groups is 2. The molecule has 1 aromatic heterocycles. The molecule has 0 bridgehead atoms. The highest BCUT2D eigenvalue weighted by atomic mass is 16.7. The molecule has 0 radical (unpaired) electrons. The molecule has 1 saturated heterocycles. The van der Waals surface area contributed by atoms with Gasteiger partial charge in [0.2, 0.25) is 5.79 Å². The molecule has 1 aliphatic heterocycles. The van der Waals surface area contributed by atoms with Crippen LogP contribution in [0.5, 0.6) is 11.5 Å². The van der Waals surface area contributed by atoms with E-state index in [1.165, 1.54) is 25.3 Å². The first-order valence-electron chi connectivity index (χ1n) is 15.8. The lowest BCUT2D eigenvalue weighted by atomic mass is 9.45. The average Bonchev–Trinajstić information content (AvgIpc) is 3.27. The monoisotopic (exact) mass is 618 g/mol. The average molecular weight is 619 g/mol. The maximum absolute atomic E-state index is 14.4. The second-order valence-corrected chi connectivity index (χ2v) is 15.0. The van der Waals surface area contributed by atoms with Gasteiger partial charge in [0.1, 0.15) is 33.6 Å². The van der Waals surface area contributed by atoms with Crippen molar-refractivity contribution in [2.45, 2.75) is 83.2 Å². The fraction of sp³-hybridized carbons (Fsp3) is 0.556. The molecule has 9 nitrogen and oxygen atoms in total. The summed E-state index contributed by atoms with van der Waals surface area (Å²) < 4.78 is 18.7. The summed E-state index contributed by atoms with van der Waals surface area (Å²) in [7, 11) is 1.38. The number of benzene rings is 1. The number of ketones is 1. The molecular weight excluding hydrogens is 576 g/mol. The SMILES string of the molecule is C=C1[C@H](C2OC3(O)C(OC)=CC(=O)C4(c5cc(=O)c6c(O)cc(O)cc6o5)CC=C(C)C2C34)[C@@]2(C)CCCC(C)(C)[C@@H]2C[C@@H]1O. The maximum Gasteiger partial charge on any atom is 0.230 e. The van der Waals surface area contributed by atoms with E-state index in [9.17, 15) is 30.0 Å². The van der Waals surface area contributed by atoms with E-state index in [1.54, 1.807) is 0 Å². The number of rotatable bonds is 3. The van der Waals surface area contributed by atoms with E-state index >= 15 is 0 Å². The number of hydrogen-bond donors (Lipinski definition) is 4. The van der Waals surface area contributed by atoms with Crippen LogP contribution in [-0.4, -0.2) is 51.3 Å². The van der Waals surface area contributed by atoms with Crippen LogP contribution in [0.4, 0.5) is 0 Å². The number of hydrogen-bond acceptors (Lipinski definition) is 9. The Bertz CT molecular complexity index is 1770. The predicted molar refractivity (Wildman–Crippen MR) is 165 cm³/mol. The summed E-state index contributed by atoms with van der Waals surface area (Å²) in [5, 5.41) is 44.6. The zero-order valence-corrected chi connectivity index (χ0v) is 26.4. The van der Waals surface area contributed by atoms with Gasteiger partial charge in [-0.1, -0.05) is 45.4 Å². The van der Waals surface area contributed by atoms with Crippen LogP contribution >= 0.6 is 0 Å². The van der Waals surface area contributed by atoms with Gasteiger partial charge in [-0.05, 0) is 54.9 Å². The summed E-state index contributed by atoms with van der Waals surface area (Å²) in [6, 6.07) is 3.48. The van der Waals surface area contributed by atoms with Crippen molar-refractivity contribution in [3.63, 3.8) is 0 Å². The third-order valence-electron chi connectivity index (χ3n) is 12.4. The molecule has 0 amide bonds. The predicted octanol–water partition coefficient (Wildman–Crippen LogP) is 4.99. The molecule has 5 unspecified atom stereocenters. The minimum absolute atomic E-state index is 0.00761. The largest absolute Gasteiger partial charge is 0.508 e. The van der Waals surface area contributed by atoms with Crippen LogP contribution in [0.2, 0.25) is 0 Å². The second-order valence-electron chi connectivity index (χ2n) is 15.0. The Balaban J connectivity index is 1.46. The molecule has 240 valence electrons. The molecule has 4 N–H and O–H groups in total. The Labute approximate surface area is 261 Å². The van der Waals surface area contributed by atoms with Gasteiger partial charge in [-0.3, -0.25) is 9.59 Å². The van der Waals surface area contributed by atoms with Crippen LogP contribution in [-0.2, 0) is 19.7 Å². The molecule has 5 aliphatic rings. The van der Waals surface area contributed by atoms with E-state index in [0.717, 1.165) is 30.9 Å². The highest BCUT2D eigenvalue weighted by molar-refractivity contribution is 6.01. The Kier molecular flexibility index (Phi) is 6.43. The normalized spacial score (nSPS) is 40.4. The number of phenols is 2. The number of fused-ring (bicyclic) bond motifs is 2. The van der Waals surface area contributed by atoms with E-state index in [1.807, 2.05) is 13.0 Å². The summed E-state index contributed by atoms with van der Waals surface area (Å²) in [4.78, 5) is 27.8. The van der Waals surface area contributed by atoms with Gasteiger partial charge in [-0.25, -0.2) is 0 Å². The van der Waals surface area contributed by atoms with E-state index in [0.29, 0.717) is 12.0 Å². The molecule has 3 fully saturated rings. The third kappa shape index (κ3) is 3.83. The van der Waals surface area contributed by atoms with Crippen LogP contribution in [0, 0.1) is 34.5 Å². The van der Waals surface area contributed by atoms with Crippen LogP contribution in [0.15, 0.2) is 63.0 Å². The standard InChI is InChI=1S/C36H42O9/c1-17-8-11-35(26-15-22(40)29-21(39)12-19(37)13-23(29)44-26)25(41)16-27(43-6)36(42)32(35)28(17)31(45-36)30-18(2)20(38)14-24-33(3,4)9-7-10-34(24,30)5/h8,12-13,15-16,20,24,28,30-32,37-39,42H,2,7,9-11,14H2,1,3-6H3/t20-,24-,28?,30+,31?,32?,34-,35?,36?/m0/s1. The van der Waals surface area contributed by atoms with Gasteiger partial charge < -0.3 is 34.3 Å². The Hall–Kier alpha value is -3.40. The summed E-state index contributed by atoms with van der Waals surface area (Å²) in [5.41, 5.74) is -0.982. The number of aliphatic hydroxyl groups excluding tert-OH is 1. The van der Waals surface area contributed by atoms with Crippen molar-refractivity contribution in [1.82, 2.24) is 0 Å². The molecule has 2 saturated carbocycles. The van der Waals surface area contributed by atoms with Crippen LogP contribution in [0.1, 0.15) is 65.6 Å². The summed E-state index contributed by atoms with van der Waals surface area (Å²) in [6.07, 6.45) is 5.42. The number of ether oxygens (including phenoxy) is 2. The van der Waals surface area contributed by atoms with Crippen LogP contribution in [0.25, 0.3) is 11.0 Å². The molecule has 0 spiro atoms. The Morgan fingerprint density at radius 2 is 1.82 bits per heavy atom. The molecule has 9 atom stereocenters. The quantitative estimate of drug-likeness (QED) is 0.349. The minimum Gasteiger partial charge on any atom is -0.508 e. The van der Waals surface area contributed by atoms with Gasteiger partial charge in [0.25, 0.3) is 0 Å². The lowest BCUT2D eigenvalue weighted by molar-refractivity contribution is -0.235. The van der Waals surface area contributed by atoms with Crippen molar-refractivity contribution < 1.29 is 39.1 Å². The summed E-state index contributed by atoms with van der Waals surface area (Å²) >= 11 is 0. The number of allylic oxidation sites excluding steroid dienone is 2. The summed E-state index contributed by atoms with van der Waals surface area (Å²) in [5.74, 6) is -4.91. The summed E-state index contributed by atoms with van der Waals surface area (Å²) in [6.45, 7) is 13.2. The fourth-order valence-electron chi connectivity index (χ4n) is 10.4. The van der Waals surface area contributed by atoms with Crippen molar-refractivity contribution in [1.29, 1.82) is 0 Å². The van der Waals surface area contributed by atoms with Crippen molar-refractivity contribution in [2.24, 2.45) is 34.5 Å². The highest BCUT2D eigenvalue weighted by Crippen LogP contribution is 2.68. The fourth-order valence-corrected chi connectivity index (χ4v) is 10.4. The number of phenolic OH excluding ortho intramolecular Hbond substituents is 2. The lowest BCUT2D eigenvalue weighted by Crippen LogP contribution is -2.59. The molecule has 4 aliphatic carbocycles. The first-order chi connectivity index (χ1) is 21.1. The van der Waals surface area contributed by atoms with E-state index < -0.39 is 52.2 Å². The maximum atomic E-state index is 14.4. The highest BCUT2D eigenvalue weighted by Gasteiger charge is 2.74. The first-order valence-corrected chi connectivity index (χ1v) is 15.8. The van der Waals surface area contributed by atoms with E-state index in [2.05, 4.69) is 27.4 Å². The van der Waals surface area contributed by atoms with E-state index in [4.69, 9.17) is 13.9 Å². The van der Waals surface area contributed by atoms with Gasteiger partial charge in [0.15, 0.2) is 17.0 Å². The number of carbonyl (C=O) groups excluding carboxylic acids is 1. The zero-order chi connectivity index (χ0) is 32.4. The molecule has 7 rings (SSSR count). The molecule has 2 heterocycles. The second kappa shape index (κ2) is 9.56. The third-order valence-corrected chi connectivity index (χ3v) is 12.4. The van der Waals surface area contributed by atoms with Gasteiger partial charge in [-0.2, -0.15) is 0 Å². The number of aliphatic hydroxyl groups is 2. The minimum atomic E-state index is -2.07. The smallest absolute Gasteiger partial charge is 0.230 e. The Morgan fingerprint density at radius 1 is 1.09 bits per heavy atom. The molecular formula is C36H42O9. The van der Waals surface area contributed by atoms with Crippen LogP contribution < -0.4 is 5.43 Å². The van der Waals surface area contributed by atoms with Crippen molar-refractivity contribution in [3.8, 4) is 11.5 Å². The van der Waals surface area contributed by atoms with Crippen molar-refractivity contribution in [2.75, 3.05) is 7.11 Å². The molecule has 1 aromatic carbocycles. The van der Waals surface area contributed by atoms with Gasteiger partial charge in [0.05, 0.1) is 25.2 Å². The van der Waals surface area contributed by atoms with Gasteiger partial charge in [0, 0.05) is 36.1 Å². The van der Waals surface area contributed by atoms with E-state index in [-0.39, 0.29) is 57.3 Å². The first kappa shape index (κ1) is 30.3. The number of methoxy groups -OCH3 is 1. The van der Waals surface area contributed by atoms with Crippen molar-refractivity contribution >= 4 is 16.8 Å². The molecule has 2 aromatic rings. The van der Waals surface area contributed by atoms with Gasteiger partial charge >= 0.3 is 0 Å². The van der Waals surface area contributed by atoms with Gasteiger partial charge in [-0.15, -0.1) is 0 Å². The lowest BCUT2D eigenvalue weighted by Gasteiger charge is -2.60. The van der Waals surface area contributed by atoms with Crippen LogP contribution in [0.3, 0.4) is 0 Å². The Morgan fingerprint density at radius 3 is 2.53 bits per heavy atom. The zero-order valence-electron chi connectivity index (χ0n) is 26.4. The topological polar surface area (TPSA) is 147 Å². The number of carbonyl (C=O) groups is 1. The van der Waals surface area contributed by atoms with Crippen molar-refractivity contribution in [3.05, 3.63) is 69.8 Å². The molecule has 9 heteroatoms.